The first-order valence-corrected chi connectivity index (χ1v) is 6.60. The Labute approximate surface area is 131 Å². The van der Waals surface area contributed by atoms with Gasteiger partial charge in [-0.25, -0.2) is 4.79 Å². The van der Waals surface area contributed by atoms with E-state index in [1.54, 1.807) is 6.07 Å². The highest BCUT2D eigenvalue weighted by atomic mass is 79.9. The molecule has 0 spiro atoms. The number of alkyl halides is 3. The zero-order valence-electron chi connectivity index (χ0n) is 10.7. The summed E-state index contributed by atoms with van der Waals surface area (Å²) in [5, 5.41) is 9.09. The number of hydrogen-bond donors (Lipinski definition) is 1. The largest absolute Gasteiger partial charge is 0.573 e. The third-order valence-electron chi connectivity index (χ3n) is 2.46. The van der Waals surface area contributed by atoms with Crippen LogP contribution in [0.1, 0.15) is 10.4 Å². The average molecular weight is 377 g/mol. The van der Waals surface area contributed by atoms with Gasteiger partial charge in [0.05, 0.1) is 0 Å². The Hall–Kier alpha value is -2.22. The molecule has 0 bridgehead atoms. The van der Waals surface area contributed by atoms with Crippen molar-refractivity contribution in [1.29, 1.82) is 0 Å². The molecular weight excluding hydrogens is 369 g/mol. The monoisotopic (exact) mass is 376 g/mol. The standard InChI is InChI=1S/C14H8BrF3O4/c15-8-1-6-12(11(7-8)13(19)20)21-9-2-4-10(5-3-9)22-14(16,17)18/h1-7H,(H,19,20). The highest BCUT2D eigenvalue weighted by molar-refractivity contribution is 9.10. The van der Waals surface area contributed by atoms with Gasteiger partial charge < -0.3 is 14.6 Å². The van der Waals surface area contributed by atoms with Gasteiger partial charge in [0.2, 0.25) is 0 Å². The van der Waals surface area contributed by atoms with E-state index in [1.807, 2.05) is 0 Å². The molecule has 0 aliphatic carbocycles. The molecule has 2 rings (SSSR count). The number of hydrogen-bond acceptors (Lipinski definition) is 3. The molecule has 0 radical (unpaired) electrons. The van der Waals surface area contributed by atoms with E-state index >= 15 is 0 Å². The molecule has 1 N–H and O–H groups in total. The number of ether oxygens (including phenoxy) is 2. The van der Waals surface area contributed by atoms with E-state index in [1.165, 1.54) is 24.3 Å². The van der Waals surface area contributed by atoms with Crippen LogP contribution in [0.3, 0.4) is 0 Å². The Kier molecular flexibility index (Phi) is 4.60. The topological polar surface area (TPSA) is 55.8 Å². The van der Waals surface area contributed by atoms with Crippen molar-refractivity contribution in [2.45, 2.75) is 6.36 Å². The van der Waals surface area contributed by atoms with E-state index in [4.69, 9.17) is 9.84 Å². The molecule has 0 aromatic heterocycles. The van der Waals surface area contributed by atoms with Crippen molar-refractivity contribution in [2.75, 3.05) is 0 Å². The lowest BCUT2D eigenvalue weighted by molar-refractivity contribution is -0.274. The minimum absolute atomic E-state index is 0.0696. The van der Waals surface area contributed by atoms with E-state index in [0.29, 0.717) is 4.47 Å². The first-order valence-electron chi connectivity index (χ1n) is 5.81. The molecule has 0 aliphatic heterocycles. The van der Waals surface area contributed by atoms with Crippen molar-refractivity contribution in [2.24, 2.45) is 0 Å². The Balaban J connectivity index is 2.20. The first kappa shape index (κ1) is 16.2. The van der Waals surface area contributed by atoms with Crippen LogP contribution < -0.4 is 9.47 Å². The Morgan fingerprint density at radius 3 is 2.18 bits per heavy atom. The van der Waals surface area contributed by atoms with Crippen molar-refractivity contribution in [3.05, 3.63) is 52.5 Å². The summed E-state index contributed by atoms with van der Waals surface area (Å²) < 4.78 is 45.8. The summed E-state index contributed by atoms with van der Waals surface area (Å²) in [6, 6.07) is 9.02. The van der Waals surface area contributed by atoms with Crippen molar-refractivity contribution in [3.63, 3.8) is 0 Å². The minimum Gasteiger partial charge on any atom is -0.478 e. The molecule has 0 saturated heterocycles. The molecule has 8 heteroatoms. The molecule has 0 saturated carbocycles. The fourth-order valence-electron chi connectivity index (χ4n) is 1.59. The Morgan fingerprint density at radius 1 is 1.05 bits per heavy atom. The minimum atomic E-state index is -4.77. The Morgan fingerprint density at radius 2 is 1.64 bits per heavy atom. The predicted octanol–water partition coefficient (Wildman–Crippen LogP) is 4.84. The lowest BCUT2D eigenvalue weighted by Gasteiger charge is -2.11. The fourth-order valence-corrected chi connectivity index (χ4v) is 1.96. The van der Waals surface area contributed by atoms with Crippen molar-refractivity contribution in [3.8, 4) is 17.2 Å². The van der Waals surface area contributed by atoms with Crippen molar-refractivity contribution in [1.82, 2.24) is 0 Å². The number of carboxylic acid groups (broad SMARTS) is 1. The van der Waals surface area contributed by atoms with Gasteiger partial charge in [-0.2, -0.15) is 0 Å². The van der Waals surface area contributed by atoms with Gasteiger partial charge in [-0.05, 0) is 42.5 Å². The summed E-state index contributed by atoms with van der Waals surface area (Å²) in [4.78, 5) is 11.1. The lowest BCUT2D eigenvalue weighted by Crippen LogP contribution is -2.16. The number of carboxylic acids is 1. The third-order valence-corrected chi connectivity index (χ3v) is 2.95. The SMILES string of the molecule is O=C(O)c1cc(Br)ccc1Oc1ccc(OC(F)(F)F)cc1. The second-order valence-corrected chi connectivity index (χ2v) is 4.98. The van der Waals surface area contributed by atoms with Gasteiger partial charge in [0.1, 0.15) is 22.8 Å². The van der Waals surface area contributed by atoms with Gasteiger partial charge in [-0.1, -0.05) is 15.9 Å². The van der Waals surface area contributed by atoms with Crippen LogP contribution in [-0.2, 0) is 0 Å². The van der Waals surface area contributed by atoms with Crippen LogP contribution in [0.2, 0.25) is 0 Å². The maximum absolute atomic E-state index is 12.0. The molecule has 4 nitrogen and oxygen atoms in total. The molecule has 0 fully saturated rings. The van der Waals surface area contributed by atoms with Crippen LogP contribution in [0, 0.1) is 0 Å². The van der Waals surface area contributed by atoms with Crippen LogP contribution in [0.5, 0.6) is 17.2 Å². The number of carbonyl (C=O) groups is 1. The van der Waals surface area contributed by atoms with E-state index in [0.717, 1.165) is 12.1 Å². The maximum Gasteiger partial charge on any atom is 0.573 e. The van der Waals surface area contributed by atoms with Gasteiger partial charge in [-0.3, -0.25) is 0 Å². The summed E-state index contributed by atoms with van der Waals surface area (Å²) in [5.41, 5.74) is -0.0787. The van der Waals surface area contributed by atoms with Crippen LogP contribution in [0.15, 0.2) is 46.9 Å². The molecule has 0 aliphatic rings. The molecule has 0 unspecified atom stereocenters. The van der Waals surface area contributed by atoms with Gasteiger partial charge in [0.25, 0.3) is 0 Å². The molecule has 0 heterocycles. The van der Waals surface area contributed by atoms with Crippen LogP contribution in [-0.4, -0.2) is 17.4 Å². The summed E-state index contributed by atoms with van der Waals surface area (Å²) in [6.45, 7) is 0. The van der Waals surface area contributed by atoms with Gasteiger partial charge in [-0.15, -0.1) is 13.2 Å². The molecule has 0 atom stereocenters. The van der Waals surface area contributed by atoms with Crippen LogP contribution in [0.25, 0.3) is 0 Å². The Bertz CT molecular complexity index is 683. The van der Waals surface area contributed by atoms with Crippen molar-refractivity contribution >= 4 is 21.9 Å². The quantitative estimate of drug-likeness (QED) is 0.829. The fraction of sp³-hybridized carbons (Fsp3) is 0.0714. The van der Waals surface area contributed by atoms with Gasteiger partial charge >= 0.3 is 12.3 Å². The van der Waals surface area contributed by atoms with E-state index in [9.17, 15) is 18.0 Å². The van der Waals surface area contributed by atoms with Crippen molar-refractivity contribution < 1.29 is 32.5 Å². The lowest BCUT2D eigenvalue weighted by atomic mass is 10.2. The maximum atomic E-state index is 12.0. The van der Waals surface area contributed by atoms with Gasteiger partial charge in [0.15, 0.2) is 0 Å². The third kappa shape index (κ3) is 4.39. The summed E-state index contributed by atoms with van der Waals surface area (Å²) in [7, 11) is 0. The number of rotatable bonds is 4. The van der Waals surface area contributed by atoms with Crippen LogP contribution >= 0.6 is 15.9 Å². The highest BCUT2D eigenvalue weighted by Gasteiger charge is 2.31. The normalized spacial score (nSPS) is 11.1. The second-order valence-electron chi connectivity index (χ2n) is 4.07. The number of benzene rings is 2. The molecule has 22 heavy (non-hydrogen) atoms. The smallest absolute Gasteiger partial charge is 0.478 e. The zero-order chi connectivity index (χ0) is 16.3. The first-order chi connectivity index (χ1) is 10.2. The molecule has 116 valence electrons. The van der Waals surface area contributed by atoms with Crippen LogP contribution in [0.4, 0.5) is 13.2 Å². The molecule has 2 aromatic rings. The second kappa shape index (κ2) is 6.27. The summed E-state index contributed by atoms with van der Waals surface area (Å²) >= 11 is 3.15. The highest BCUT2D eigenvalue weighted by Crippen LogP contribution is 2.30. The molecule has 2 aromatic carbocycles. The molecular formula is C14H8BrF3O4. The molecule has 0 amide bonds. The average Bonchev–Trinajstić information content (AvgIpc) is 2.41. The van der Waals surface area contributed by atoms with E-state index in [2.05, 4.69) is 20.7 Å². The van der Waals surface area contributed by atoms with Gasteiger partial charge in [0, 0.05) is 4.47 Å². The summed E-state index contributed by atoms with van der Waals surface area (Å²) in [6.07, 6.45) is -4.77. The van der Waals surface area contributed by atoms with E-state index < -0.39 is 18.1 Å². The number of halogens is 4. The predicted molar refractivity (Wildman–Crippen MR) is 74.3 cm³/mol. The summed E-state index contributed by atoms with van der Waals surface area (Å²) in [5.74, 6) is -1.33. The van der Waals surface area contributed by atoms with E-state index in [-0.39, 0.29) is 17.1 Å². The zero-order valence-corrected chi connectivity index (χ0v) is 12.3. The number of aromatic carboxylic acids is 1.